The van der Waals surface area contributed by atoms with Gasteiger partial charge in [0.25, 0.3) is 0 Å². The molecule has 0 saturated carbocycles. The first-order valence-electron chi connectivity index (χ1n) is 45.4. The van der Waals surface area contributed by atoms with E-state index in [9.17, 15) is 43.5 Å². The number of phosphoric acid groups is 2. The van der Waals surface area contributed by atoms with Crippen LogP contribution >= 0.6 is 15.6 Å². The van der Waals surface area contributed by atoms with E-state index in [1.165, 1.54) is 141 Å². The molecule has 0 heterocycles. The van der Waals surface area contributed by atoms with Crippen molar-refractivity contribution in [1.29, 1.82) is 0 Å². The maximum absolute atomic E-state index is 13.0. The van der Waals surface area contributed by atoms with Crippen molar-refractivity contribution in [2.24, 2.45) is 0 Å². The Morgan fingerprint density at radius 3 is 0.687 bits per heavy atom. The molecule has 658 valence electrons. The van der Waals surface area contributed by atoms with Gasteiger partial charge < -0.3 is 34.2 Å². The highest BCUT2D eigenvalue weighted by Crippen LogP contribution is 2.45. The van der Waals surface area contributed by atoms with E-state index in [1.807, 2.05) is 0 Å². The Balaban J connectivity index is 4.51. The molecule has 18 heteroatoms. The largest absolute Gasteiger partial charge is 0.472 e. The molecule has 0 bridgehead atoms. The van der Waals surface area contributed by atoms with E-state index in [2.05, 4.69) is 191 Å². The number of carbonyl (C=O) groups is 3. The standard InChI is InChI=1S/C97H164O16P2/c1-4-7-10-13-16-19-22-25-28-31-33-35-37-39-41-43-44-45-46-48-50-51-53-55-57-60-62-65-68-71-74-77-80-83-95(100)107-86-92(98)87-109-114(103,104)110-88-93(99)89-111-115(105,106)112-91-94(113-97(102)85-82-79-76-73-70-67-64-59-30-27-24-21-18-15-12-9-6-3)90-108-96(101)84-81-78-75-72-69-66-63-61-58-56-54-52-49-47-42-40-38-36-34-32-29-26-23-20-17-14-11-8-5-2/h7-12,16-21,25-30,33-36,39-42,64,67,92-94,98-99H,4-6,13-15,22-24,31-32,37-38,43-63,65-66,68-91H2,1-3H3,(H,103,104)(H,105,106)/b10-7-,11-8-,12-9-,19-16-,20-17-,21-18-,28-25-,29-26-,30-27-,35-33-,36-34-,41-39-,42-40-,67-64-. The minimum Gasteiger partial charge on any atom is -0.463 e. The molecule has 0 aliphatic rings. The Kier molecular flexibility index (Phi) is 84.3. The van der Waals surface area contributed by atoms with Crippen LogP contribution in [0.1, 0.15) is 367 Å². The van der Waals surface area contributed by atoms with Gasteiger partial charge in [-0.05, 0) is 148 Å². The van der Waals surface area contributed by atoms with Gasteiger partial charge in [0.05, 0.1) is 26.4 Å². The molecule has 0 amide bonds. The van der Waals surface area contributed by atoms with Crippen molar-refractivity contribution in [2.45, 2.75) is 386 Å². The quantitative estimate of drug-likeness (QED) is 0.0146. The van der Waals surface area contributed by atoms with Crippen molar-refractivity contribution in [1.82, 2.24) is 0 Å². The van der Waals surface area contributed by atoms with Gasteiger partial charge in [0.2, 0.25) is 0 Å². The number of allylic oxidation sites excluding steroid dienone is 28. The first-order valence-corrected chi connectivity index (χ1v) is 48.4. The Labute approximate surface area is 701 Å². The van der Waals surface area contributed by atoms with Crippen LogP contribution in [-0.4, -0.2) is 95.9 Å². The Morgan fingerprint density at radius 2 is 0.435 bits per heavy atom. The third-order valence-corrected chi connectivity index (χ3v) is 20.8. The molecular weight excluding hydrogens is 1480 g/mol. The summed E-state index contributed by atoms with van der Waals surface area (Å²) >= 11 is 0. The average molecular weight is 1650 g/mol. The first-order chi connectivity index (χ1) is 56.2. The molecule has 0 aromatic rings. The summed E-state index contributed by atoms with van der Waals surface area (Å²) in [6.07, 6.45) is 114. The van der Waals surface area contributed by atoms with Crippen molar-refractivity contribution in [2.75, 3.05) is 39.6 Å². The number of aliphatic hydroxyl groups excluding tert-OH is 2. The summed E-state index contributed by atoms with van der Waals surface area (Å²) in [5, 5.41) is 20.7. The summed E-state index contributed by atoms with van der Waals surface area (Å²) in [7, 11) is -9.82. The lowest BCUT2D eigenvalue weighted by Gasteiger charge is -2.21. The van der Waals surface area contributed by atoms with Crippen LogP contribution in [0, 0.1) is 0 Å². The predicted octanol–water partition coefficient (Wildman–Crippen LogP) is 27.9. The number of aliphatic hydroxyl groups is 2. The number of unbranched alkanes of at least 4 members (excludes halogenated alkanes) is 34. The second-order valence-corrected chi connectivity index (χ2v) is 32.9. The van der Waals surface area contributed by atoms with Crippen LogP contribution in [0.4, 0.5) is 0 Å². The van der Waals surface area contributed by atoms with Gasteiger partial charge in [-0.25, -0.2) is 9.13 Å². The number of hydrogen-bond acceptors (Lipinski definition) is 14. The zero-order valence-corrected chi connectivity index (χ0v) is 74.2. The number of phosphoric ester groups is 2. The maximum atomic E-state index is 13.0. The molecule has 0 saturated heterocycles. The lowest BCUT2D eigenvalue weighted by atomic mass is 10.0. The number of rotatable bonds is 85. The number of esters is 3. The van der Waals surface area contributed by atoms with Crippen LogP contribution in [0.3, 0.4) is 0 Å². The highest BCUT2D eigenvalue weighted by molar-refractivity contribution is 7.47. The van der Waals surface area contributed by atoms with Gasteiger partial charge in [0.15, 0.2) is 6.10 Å². The summed E-state index contributed by atoms with van der Waals surface area (Å²) in [6, 6.07) is 0. The normalized spacial score (nSPS) is 14.6. The molecule has 5 unspecified atom stereocenters. The molecule has 4 N–H and O–H groups in total. The number of hydrogen-bond donors (Lipinski definition) is 4. The number of ether oxygens (including phenoxy) is 3. The zero-order chi connectivity index (χ0) is 83.6. The second-order valence-electron chi connectivity index (χ2n) is 30.0. The summed E-state index contributed by atoms with van der Waals surface area (Å²) in [5.74, 6) is -1.60. The lowest BCUT2D eigenvalue weighted by molar-refractivity contribution is -0.161. The molecule has 0 spiro atoms. The molecular formula is C97H164O16P2. The van der Waals surface area contributed by atoms with Gasteiger partial charge >= 0.3 is 33.6 Å². The van der Waals surface area contributed by atoms with Crippen LogP contribution in [-0.2, 0) is 55.8 Å². The summed E-state index contributed by atoms with van der Waals surface area (Å²) in [5.41, 5.74) is 0. The van der Waals surface area contributed by atoms with Crippen LogP contribution in [0.5, 0.6) is 0 Å². The smallest absolute Gasteiger partial charge is 0.463 e. The van der Waals surface area contributed by atoms with E-state index in [0.29, 0.717) is 19.3 Å². The fourth-order valence-electron chi connectivity index (χ4n) is 12.1. The van der Waals surface area contributed by atoms with E-state index in [4.69, 9.17) is 32.3 Å². The van der Waals surface area contributed by atoms with Crippen molar-refractivity contribution >= 4 is 33.6 Å². The van der Waals surface area contributed by atoms with Crippen LogP contribution < -0.4 is 0 Å². The van der Waals surface area contributed by atoms with E-state index in [1.54, 1.807) is 0 Å². The lowest BCUT2D eigenvalue weighted by Crippen LogP contribution is -2.30. The molecule has 0 fully saturated rings. The molecule has 5 atom stereocenters. The van der Waals surface area contributed by atoms with Crippen molar-refractivity contribution in [3.8, 4) is 0 Å². The fourth-order valence-corrected chi connectivity index (χ4v) is 13.7. The molecule has 0 aliphatic heterocycles. The van der Waals surface area contributed by atoms with Gasteiger partial charge in [-0.1, -0.05) is 371 Å². The van der Waals surface area contributed by atoms with E-state index in [-0.39, 0.29) is 19.3 Å². The number of carbonyl (C=O) groups excluding carboxylic acids is 3. The fraction of sp³-hybridized carbons (Fsp3) is 0.680. The molecule has 0 aromatic heterocycles. The minimum absolute atomic E-state index is 0.0730. The average Bonchev–Trinajstić information content (AvgIpc) is 0.902. The first kappa shape index (κ1) is 110. The van der Waals surface area contributed by atoms with Gasteiger partial charge in [-0.3, -0.25) is 32.5 Å². The molecule has 0 radical (unpaired) electrons. The Hall–Kier alpha value is -5.09. The maximum Gasteiger partial charge on any atom is 0.472 e. The topological polar surface area (TPSA) is 231 Å². The zero-order valence-electron chi connectivity index (χ0n) is 72.4. The molecule has 0 aromatic carbocycles. The van der Waals surface area contributed by atoms with Crippen LogP contribution in [0.2, 0.25) is 0 Å². The monoisotopic (exact) mass is 1650 g/mol. The second kappa shape index (κ2) is 88.2. The predicted molar refractivity (Wildman–Crippen MR) is 482 cm³/mol. The molecule has 0 rings (SSSR count). The van der Waals surface area contributed by atoms with Gasteiger partial charge in [-0.15, -0.1) is 0 Å². The summed E-state index contributed by atoms with van der Waals surface area (Å²) in [6.45, 7) is 2.35. The van der Waals surface area contributed by atoms with Crippen molar-refractivity contribution < 1.29 is 75.8 Å². The Morgan fingerprint density at radius 1 is 0.243 bits per heavy atom. The minimum atomic E-state index is -4.95. The van der Waals surface area contributed by atoms with E-state index >= 15 is 0 Å². The molecule has 115 heavy (non-hydrogen) atoms. The van der Waals surface area contributed by atoms with Crippen LogP contribution in [0.25, 0.3) is 0 Å². The molecule has 16 nitrogen and oxygen atoms in total. The van der Waals surface area contributed by atoms with Gasteiger partial charge in [0, 0.05) is 19.3 Å². The van der Waals surface area contributed by atoms with Gasteiger partial charge in [0.1, 0.15) is 25.4 Å². The highest BCUT2D eigenvalue weighted by Gasteiger charge is 2.29. The highest BCUT2D eigenvalue weighted by atomic mass is 31.2. The third kappa shape index (κ3) is 89.5. The summed E-state index contributed by atoms with van der Waals surface area (Å²) in [4.78, 5) is 58.9. The van der Waals surface area contributed by atoms with E-state index in [0.717, 1.165) is 167 Å². The molecule has 0 aliphatic carbocycles. The van der Waals surface area contributed by atoms with Crippen molar-refractivity contribution in [3.05, 3.63) is 170 Å². The van der Waals surface area contributed by atoms with E-state index < -0.39 is 91.5 Å². The Bertz CT molecular complexity index is 2770. The summed E-state index contributed by atoms with van der Waals surface area (Å²) < 4.78 is 61.4. The van der Waals surface area contributed by atoms with Crippen LogP contribution in [0.15, 0.2) is 170 Å². The third-order valence-electron chi connectivity index (χ3n) is 18.9. The van der Waals surface area contributed by atoms with Crippen molar-refractivity contribution in [3.63, 3.8) is 0 Å². The SMILES string of the molecule is CC/C=C\C/C=C\C/C=C\C/C=C\C/C=C\CCCCCCCCCCCCCCCCCCCC(=O)OCC(O)COP(=O)(O)OCC(O)COP(=O)(O)OCC(COC(=O)CCCCCCCCCCCCCCC/C=C\C/C=C\C/C=C\C/C=C\C/C=C\CC)OC(=O)CCCCCC/C=C\C/C=C\C/C=C\C/C=C\CC. The van der Waals surface area contributed by atoms with Gasteiger partial charge in [-0.2, -0.15) is 0 Å².